The number of fused-ring (bicyclic) bond motifs is 1. The van der Waals surface area contributed by atoms with Crippen LogP contribution >= 0.6 is 0 Å². The molecule has 0 aliphatic carbocycles. The molecule has 0 fully saturated rings. The summed E-state index contributed by atoms with van der Waals surface area (Å²) in [4.78, 5) is 15.9. The maximum Gasteiger partial charge on any atom is 0.250 e. The number of pyridine rings is 1. The summed E-state index contributed by atoms with van der Waals surface area (Å²) in [5.74, 6) is -0.177. The Morgan fingerprint density at radius 1 is 1.42 bits per heavy atom. The minimum atomic E-state index is -0.177. The molecular weight excluding hydrogens is 242 g/mol. The lowest BCUT2D eigenvalue weighted by Crippen LogP contribution is -2.18. The van der Waals surface area contributed by atoms with Gasteiger partial charge in [-0.1, -0.05) is 6.92 Å². The molecule has 0 unspecified atom stereocenters. The summed E-state index contributed by atoms with van der Waals surface area (Å²) in [6.45, 7) is 2.63. The summed E-state index contributed by atoms with van der Waals surface area (Å²) in [6.07, 6.45) is 2.57. The molecule has 1 amide bonds. The highest BCUT2D eigenvalue weighted by Gasteiger charge is 2.08. The lowest BCUT2D eigenvalue weighted by Gasteiger charge is -2.09. The fraction of sp³-hybridized carbons (Fsp3) is 0.286. The van der Waals surface area contributed by atoms with Gasteiger partial charge in [-0.3, -0.25) is 9.78 Å². The van der Waals surface area contributed by atoms with E-state index >= 15 is 0 Å². The zero-order valence-electron chi connectivity index (χ0n) is 10.8. The first-order chi connectivity index (χ1) is 9.22. The van der Waals surface area contributed by atoms with Gasteiger partial charge >= 0.3 is 0 Å². The van der Waals surface area contributed by atoms with Crippen molar-refractivity contribution in [3.63, 3.8) is 0 Å². The molecule has 0 saturated heterocycles. The number of carbonyl (C=O) groups excluding carboxylic acids is 1. The van der Waals surface area contributed by atoms with Crippen molar-refractivity contribution in [1.29, 1.82) is 0 Å². The van der Waals surface area contributed by atoms with E-state index in [-0.39, 0.29) is 12.5 Å². The summed E-state index contributed by atoms with van der Waals surface area (Å²) in [5, 5.41) is 3.64. The van der Waals surface area contributed by atoms with Crippen molar-refractivity contribution >= 4 is 28.2 Å². The molecule has 0 radical (unpaired) electrons. The second kappa shape index (κ2) is 6.15. The van der Waals surface area contributed by atoms with Crippen LogP contribution in [-0.4, -0.2) is 24.1 Å². The molecule has 0 bridgehead atoms. The summed E-state index contributed by atoms with van der Waals surface area (Å²) in [6, 6.07) is 7.20. The summed E-state index contributed by atoms with van der Waals surface area (Å²) < 4.78 is 5.20. The van der Waals surface area contributed by atoms with E-state index in [0.29, 0.717) is 23.5 Å². The van der Waals surface area contributed by atoms with Gasteiger partial charge in [-0.15, -0.1) is 0 Å². The van der Waals surface area contributed by atoms with Crippen molar-refractivity contribution in [3.05, 3.63) is 30.5 Å². The van der Waals surface area contributed by atoms with Gasteiger partial charge in [-0.25, -0.2) is 0 Å². The Hall–Kier alpha value is -2.14. The van der Waals surface area contributed by atoms with E-state index in [1.54, 1.807) is 18.3 Å². The molecule has 1 heterocycles. The molecule has 19 heavy (non-hydrogen) atoms. The molecular formula is C14H17N3O2. The number of aromatic nitrogens is 1. The maximum atomic E-state index is 11.7. The SMILES string of the molecule is CCCOCC(=O)Nc1ccc(N)c2ncccc12. The first-order valence-electron chi connectivity index (χ1n) is 6.23. The van der Waals surface area contributed by atoms with Crippen molar-refractivity contribution in [3.8, 4) is 0 Å². The van der Waals surface area contributed by atoms with Gasteiger partial charge in [0.25, 0.3) is 0 Å². The molecule has 1 aromatic heterocycles. The van der Waals surface area contributed by atoms with Crippen LogP contribution in [0, 0.1) is 0 Å². The second-order valence-corrected chi connectivity index (χ2v) is 4.20. The fourth-order valence-corrected chi connectivity index (χ4v) is 1.80. The van der Waals surface area contributed by atoms with Gasteiger partial charge in [0.2, 0.25) is 5.91 Å². The first kappa shape index (κ1) is 13.3. The van der Waals surface area contributed by atoms with E-state index in [1.807, 2.05) is 19.1 Å². The van der Waals surface area contributed by atoms with Crippen molar-refractivity contribution in [2.24, 2.45) is 0 Å². The van der Waals surface area contributed by atoms with Crippen molar-refractivity contribution in [2.75, 3.05) is 24.3 Å². The minimum absolute atomic E-state index is 0.0555. The number of carbonyl (C=O) groups is 1. The Morgan fingerprint density at radius 2 is 2.26 bits per heavy atom. The topological polar surface area (TPSA) is 77.2 Å². The normalized spacial score (nSPS) is 10.6. The average Bonchev–Trinajstić information content (AvgIpc) is 2.43. The van der Waals surface area contributed by atoms with Gasteiger partial charge in [-0.05, 0) is 30.7 Å². The molecule has 2 aromatic rings. The predicted molar refractivity (Wildman–Crippen MR) is 75.9 cm³/mol. The number of anilines is 2. The summed E-state index contributed by atoms with van der Waals surface area (Å²) in [5.41, 5.74) is 7.83. The third-order valence-corrected chi connectivity index (χ3v) is 2.66. The van der Waals surface area contributed by atoms with Crippen LogP contribution in [0.5, 0.6) is 0 Å². The Bertz CT molecular complexity index is 584. The largest absolute Gasteiger partial charge is 0.397 e. The van der Waals surface area contributed by atoms with Crippen molar-refractivity contribution < 1.29 is 9.53 Å². The van der Waals surface area contributed by atoms with Crippen LogP contribution in [0.1, 0.15) is 13.3 Å². The first-order valence-corrected chi connectivity index (χ1v) is 6.23. The highest BCUT2D eigenvalue weighted by molar-refractivity contribution is 6.04. The number of nitrogens with zero attached hydrogens (tertiary/aromatic N) is 1. The van der Waals surface area contributed by atoms with Crippen LogP contribution in [0.15, 0.2) is 30.5 Å². The molecule has 2 rings (SSSR count). The molecule has 0 saturated carbocycles. The number of benzene rings is 1. The Morgan fingerprint density at radius 3 is 3.05 bits per heavy atom. The standard InChI is InChI=1S/C14H17N3O2/c1-2-8-19-9-13(18)17-12-6-5-11(15)14-10(12)4-3-7-16-14/h3-7H,2,8-9,15H2,1H3,(H,17,18). The zero-order chi connectivity index (χ0) is 13.7. The Labute approximate surface area is 111 Å². The van der Waals surface area contributed by atoms with Gasteiger partial charge in [-0.2, -0.15) is 0 Å². The molecule has 0 spiro atoms. The zero-order valence-corrected chi connectivity index (χ0v) is 10.8. The summed E-state index contributed by atoms with van der Waals surface area (Å²) >= 11 is 0. The molecule has 0 atom stereocenters. The van der Waals surface area contributed by atoms with E-state index in [4.69, 9.17) is 10.5 Å². The molecule has 3 N–H and O–H groups in total. The van der Waals surface area contributed by atoms with E-state index in [2.05, 4.69) is 10.3 Å². The maximum absolute atomic E-state index is 11.7. The summed E-state index contributed by atoms with van der Waals surface area (Å²) in [7, 11) is 0. The van der Waals surface area contributed by atoms with Crippen molar-refractivity contribution in [2.45, 2.75) is 13.3 Å². The predicted octanol–water partition coefficient (Wildman–Crippen LogP) is 2.18. The molecule has 0 aliphatic rings. The highest BCUT2D eigenvalue weighted by atomic mass is 16.5. The van der Waals surface area contributed by atoms with Gasteiger partial charge in [0.05, 0.1) is 16.9 Å². The Balaban J connectivity index is 2.17. The van der Waals surface area contributed by atoms with Gasteiger partial charge < -0.3 is 15.8 Å². The van der Waals surface area contributed by atoms with Crippen LogP contribution in [0.3, 0.4) is 0 Å². The number of nitrogens with two attached hydrogens (primary N) is 1. The number of amides is 1. The van der Waals surface area contributed by atoms with Crippen LogP contribution in [0.4, 0.5) is 11.4 Å². The third-order valence-electron chi connectivity index (χ3n) is 2.66. The monoisotopic (exact) mass is 259 g/mol. The highest BCUT2D eigenvalue weighted by Crippen LogP contribution is 2.26. The molecule has 100 valence electrons. The van der Waals surface area contributed by atoms with E-state index in [1.165, 1.54) is 0 Å². The van der Waals surface area contributed by atoms with Crippen molar-refractivity contribution in [1.82, 2.24) is 4.98 Å². The second-order valence-electron chi connectivity index (χ2n) is 4.20. The Kier molecular flexibility index (Phi) is 4.30. The molecule has 5 heteroatoms. The molecule has 0 aliphatic heterocycles. The van der Waals surface area contributed by atoms with Crippen LogP contribution in [0.25, 0.3) is 10.9 Å². The molecule has 1 aromatic carbocycles. The number of rotatable bonds is 5. The number of hydrogen-bond donors (Lipinski definition) is 2. The lowest BCUT2D eigenvalue weighted by molar-refractivity contribution is -0.120. The van der Waals surface area contributed by atoms with Gasteiger partial charge in [0, 0.05) is 18.2 Å². The number of hydrogen-bond acceptors (Lipinski definition) is 4. The average molecular weight is 259 g/mol. The number of nitrogens with one attached hydrogen (secondary N) is 1. The minimum Gasteiger partial charge on any atom is -0.397 e. The number of ether oxygens (including phenoxy) is 1. The van der Waals surface area contributed by atoms with E-state index < -0.39 is 0 Å². The lowest BCUT2D eigenvalue weighted by atomic mass is 10.1. The number of nitrogen functional groups attached to an aromatic ring is 1. The fourth-order valence-electron chi connectivity index (χ4n) is 1.80. The van der Waals surface area contributed by atoms with Gasteiger partial charge in [0.1, 0.15) is 6.61 Å². The van der Waals surface area contributed by atoms with Crippen LogP contribution in [-0.2, 0) is 9.53 Å². The quantitative estimate of drug-likeness (QED) is 0.637. The van der Waals surface area contributed by atoms with E-state index in [0.717, 1.165) is 11.8 Å². The van der Waals surface area contributed by atoms with Gasteiger partial charge in [0.15, 0.2) is 0 Å². The molecule has 5 nitrogen and oxygen atoms in total. The van der Waals surface area contributed by atoms with Crippen LogP contribution < -0.4 is 11.1 Å². The van der Waals surface area contributed by atoms with E-state index in [9.17, 15) is 4.79 Å². The third kappa shape index (κ3) is 3.20. The van der Waals surface area contributed by atoms with Crippen LogP contribution in [0.2, 0.25) is 0 Å². The smallest absolute Gasteiger partial charge is 0.250 e.